The lowest BCUT2D eigenvalue weighted by atomic mass is 10.0. The summed E-state index contributed by atoms with van der Waals surface area (Å²) in [5.41, 5.74) is 0.199. The summed E-state index contributed by atoms with van der Waals surface area (Å²) in [5.74, 6) is -2.84. The minimum Gasteiger partial charge on any atom is -0.508 e. The number of benzene rings is 2. The fourth-order valence-electron chi connectivity index (χ4n) is 2.08. The van der Waals surface area contributed by atoms with Gasteiger partial charge in [-0.05, 0) is 25.1 Å². The first-order valence-corrected chi connectivity index (χ1v) is 6.42. The molecule has 1 atom stereocenters. The average molecular weight is 291 g/mol. The third-order valence-corrected chi connectivity index (χ3v) is 3.47. The summed E-state index contributed by atoms with van der Waals surface area (Å²) in [5, 5.41) is 9.81. The smallest absolute Gasteiger partial charge is 0.257 e. The van der Waals surface area contributed by atoms with Crippen LogP contribution in [0.5, 0.6) is 5.75 Å². The van der Waals surface area contributed by atoms with Gasteiger partial charge >= 0.3 is 0 Å². The van der Waals surface area contributed by atoms with Crippen LogP contribution in [0.15, 0.2) is 42.5 Å². The molecule has 1 unspecified atom stereocenters. The number of aromatic hydroxyl groups is 1. The molecule has 2 aromatic carbocycles. The van der Waals surface area contributed by atoms with E-state index in [1.54, 1.807) is 25.1 Å². The summed E-state index contributed by atoms with van der Waals surface area (Å²) >= 11 is 0. The molecule has 5 heteroatoms. The van der Waals surface area contributed by atoms with E-state index >= 15 is 0 Å². The predicted octanol–water partition coefficient (Wildman–Crippen LogP) is 3.50. The number of phenolic OH excluding ortho intramolecular Hbond substituents is 1. The van der Waals surface area contributed by atoms with E-state index in [4.69, 9.17) is 0 Å². The molecule has 2 aromatic rings. The van der Waals surface area contributed by atoms with E-state index in [0.29, 0.717) is 5.56 Å². The second-order valence-electron chi connectivity index (χ2n) is 4.75. The Morgan fingerprint density at radius 2 is 1.81 bits per heavy atom. The predicted molar refractivity (Wildman–Crippen MR) is 75.0 cm³/mol. The monoisotopic (exact) mass is 291 g/mol. The Labute approximate surface area is 121 Å². The Kier molecular flexibility index (Phi) is 4.21. The summed E-state index contributed by atoms with van der Waals surface area (Å²) in [6.45, 7) is 1.70. The molecule has 0 radical (unpaired) electrons. The first-order valence-electron chi connectivity index (χ1n) is 6.42. The largest absolute Gasteiger partial charge is 0.508 e. The number of carbonyl (C=O) groups is 1. The maximum atomic E-state index is 13.7. The lowest BCUT2D eigenvalue weighted by Crippen LogP contribution is -2.30. The van der Waals surface area contributed by atoms with Crippen molar-refractivity contribution in [2.75, 3.05) is 7.05 Å². The van der Waals surface area contributed by atoms with Crippen LogP contribution in [0.3, 0.4) is 0 Å². The molecule has 0 bridgehead atoms. The van der Waals surface area contributed by atoms with Gasteiger partial charge < -0.3 is 10.0 Å². The highest BCUT2D eigenvalue weighted by Crippen LogP contribution is 2.28. The van der Waals surface area contributed by atoms with Crippen LogP contribution in [0, 0.1) is 11.6 Å². The van der Waals surface area contributed by atoms with Gasteiger partial charge in [0.1, 0.15) is 5.75 Å². The number of nitrogens with zero attached hydrogens (tertiary/aromatic N) is 1. The molecule has 0 heterocycles. The molecule has 1 amide bonds. The van der Waals surface area contributed by atoms with Gasteiger partial charge in [-0.25, -0.2) is 8.78 Å². The summed E-state index contributed by atoms with van der Waals surface area (Å²) in [4.78, 5) is 13.5. The maximum Gasteiger partial charge on any atom is 0.257 e. The van der Waals surface area contributed by atoms with Crippen LogP contribution in [-0.2, 0) is 0 Å². The highest BCUT2D eigenvalue weighted by molar-refractivity contribution is 5.94. The van der Waals surface area contributed by atoms with Gasteiger partial charge in [0.25, 0.3) is 5.91 Å². The molecule has 110 valence electrons. The highest BCUT2D eigenvalue weighted by Gasteiger charge is 2.24. The number of para-hydroxylation sites is 1. The number of amides is 1. The van der Waals surface area contributed by atoms with Gasteiger partial charge in [0.2, 0.25) is 0 Å². The molecular formula is C16H15F2NO2. The summed E-state index contributed by atoms with van der Waals surface area (Å²) < 4.78 is 26.9. The molecular weight excluding hydrogens is 276 g/mol. The van der Waals surface area contributed by atoms with Gasteiger partial charge in [-0.3, -0.25) is 4.79 Å². The van der Waals surface area contributed by atoms with E-state index in [1.807, 2.05) is 0 Å². The third kappa shape index (κ3) is 2.86. The molecule has 21 heavy (non-hydrogen) atoms. The molecule has 0 aliphatic carbocycles. The lowest BCUT2D eigenvalue weighted by Gasteiger charge is -2.26. The number of carbonyl (C=O) groups excluding carboxylic acids is 1. The standard InChI is InChI=1S/C16H15F2NO2/c1-10(11-6-3-4-9-14(11)20)19(2)16(21)12-7-5-8-13(17)15(12)18/h3-10,20H,1-2H3. The topological polar surface area (TPSA) is 40.5 Å². The van der Waals surface area contributed by atoms with Crippen LogP contribution < -0.4 is 0 Å². The van der Waals surface area contributed by atoms with E-state index in [9.17, 15) is 18.7 Å². The van der Waals surface area contributed by atoms with Crippen molar-refractivity contribution in [3.8, 4) is 5.75 Å². The van der Waals surface area contributed by atoms with Crippen molar-refractivity contribution in [1.82, 2.24) is 4.90 Å². The fraction of sp³-hybridized carbons (Fsp3) is 0.188. The number of hydrogen-bond acceptors (Lipinski definition) is 2. The van der Waals surface area contributed by atoms with Crippen LogP contribution in [0.2, 0.25) is 0 Å². The Morgan fingerprint density at radius 3 is 2.48 bits per heavy atom. The molecule has 0 saturated heterocycles. The zero-order valence-corrected chi connectivity index (χ0v) is 11.7. The third-order valence-electron chi connectivity index (χ3n) is 3.47. The molecule has 0 fully saturated rings. The fourth-order valence-corrected chi connectivity index (χ4v) is 2.08. The molecule has 0 aliphatic rings. The van der Waals surface area contributed by atoms with Gasteiger partial charge in [0, 0.05) is 12.6 Å². The molecule has 0 aliphatic heterocycles. The number of hydrogen-bond donors (Lipinski definition) is 1. The van der Waals surface area contributed by atoms with Gasteiger partial charge in [-0.2, -0.15) is 0 Å². The Bertz CT molecular complexity index is 673. The van der Waals surface area contributed by atoms with E-state index < -0.39 is 23.6 Å². The Balaban J connectivity index is 2.31. The normalized spacial score (nSPS) is 12.0. The van der Waals surface area contributed by atoms with Crippen molar-refractivity contribution in [3.63, 3.8) is 0 Å². The number of halogens is 2. The van der Waals surface area contributed by atoms with Gasteiger partial charge in [0.05, 0.1) is 11.6 Å². The zero-order valence-electron chi connectivity index (χ0n) is 11.7. The quantitative estimate of drug-likeness (QED) is 0.940. The van der Waals surface area contributed by atoms with Gasteiger partial charge in [-0.1, -0.05) is 24.3 Å². The minimum atomic E-state index is -1.17. The van der Waals surface area contributed by atoms with E-state index in [2.05, 4.69) is 0 Å². The SMILES string of the molecule is CC(c1ccccc1O)N(C)C(=O)c1cccc(F)c1F. The van der Waals surface area contributed by atoms with Crippen LogP contribution in [0.4, 0.5) is 8.78 Å². The highest BCUT2D eigenvalue weighted by atomic mass is 19.2. The van der Waals surface area contributed by atoms with Gasteiger partial charge in [-0.15, -0.1) is 0 Å². The second-order valence-corrected chi connectivity index (χ2v) is 4.75. The van der Waals surface area contributed by atoms with Crippen LogP contribution >= 0.6 is 0 Å². The van der Waals surface area contributed by atoms with Gasteiger partial charge in [0.15, 0.2) is 11.6 Å². The average Bonchev–Trinajstić information content (AvgIpc) is 2.48. The first-order chi connectivity index (χ1) is 9.93. The molecule has 0 saturated carbocycles. The first kappa shape index (κ1) is 15.0. The second kappa shape index (κ2) is 5.91. The van der Waals surface area contributed by atoms with Crippen molar-refractivity contribution >= 4 is 5.91 Å². The van der Waals surface area contributed by atoms with Crippen molar-refractivity contribution in [2.24, 2.45) is 0 Å². The van der Waals surface area contributed by atoms with E-state index in [-0.39, 0.29) is 11.3 Å². The molecule has 0 spiro atoms. The lowest BCUT2D eigenvalue weighted by molar-refractivity contribution is 0.0735. The van der Waals surface area contributed by atoms with Crippen LogP contribution in [0.25, 0.3) is 0 Å². The molecule has 1 N–H and O–H groups in total. The number of phenols is 1. The van der Waals surface area contributed by atoms with E-state index in [1.165, 1.54) is 30.1 Å². The number of rotatable bonds is 3. The van der Waals surface area contributed by atoms with Crippen LogP contribution in [-0.4, -0.2) is 23.0 Å². The molecule has 2 rings (SSSR count). The Morgan fingerprint density at radius 1 is 1.14 bits per heavy atom. The van der Waals surface area contributed by atoms with E-state index in [0.717, 1.165) is 6.07 Å². The summed E-state index contributed by atoms with van der Waals surface area (Å²) in [6.07, 6.45) is 0. The summed E-state index contributed by atoms with van der Waals surface area (Å²) in [7, 11) is 1.48. The van der Waals surface area contributed by atoms with Crippen molar-refractivity contribution in [3.05, 3.63) is 65.2 Å². The van der Waals surface area contributed by atoms with Crippen molar-refractivity contribution < 1.29 is 18.7 Å². The van der Waals surface area contributed by atoms with Crippen molar-refractivity contribution in [1.29, 1.82) is 0 Å². The Hall–Kier alpha value is -2.43. The molecule has 3 nitrogen and oxygen atoms in total. The van der Waals surface area contributed by atoms with Crippen molar-refractivity contribution in [2.45, 2.75) is 13.0 Å². The van der Waals surface area contributed by atoms with Crippen LogP contribution in [0.1, 0.15) is 28.9 Å². The zero-order chi connectivity index (χ0) is 15.6. The maximum absolute atomic E-state index is 13.7. The minimum absolute atomic E-state index is 0.0457. The molecule has 0 aromatic heterocycles. The summed E-state index contributed by atoms with van der Waals surface area (Å²) in [6, 6.07) is 9.56.